The Kier molecular flexibility index (Phi) is 10.2. The van der Waals surface area contributed by atoms with Gasteiger partial charge in [-0.25, -0.2) is 4.79 Å². The molecular formula is C24H38Cl2N4O2. The molecule has 1 heterocycles. The van der Waals surface area contributed by atoms with Crippen molar-refractivity contribution in [1.82, 2.24) is 15.1 Å². The number of nitrogens with zero attached hydrogens (tertiary/aromatic N) is 3. The fraction of sp³-hybridized carbons (Fsp3) is 0.708. The van der Waals surface area contributed by atoms with Crippen LogP contribution in [0.2, 0.25) is 10.0 Å². The van der Waals surface area contributed by atoms with E-state index in [1.807, 2.05) is 12.1 Å². The number of rotatable bonds is 9. The fourth-order valence-corrected chi connectivity index (χ4v) is 5.01. The molecule has 0 bridgehead atoms. The fourth-order valence-electron chi connectivity index (χ4n) is 4.60. The number of piperazine rings is 1. The van der Waals surface area contributed by atoms with Crippen LogP contribution in [0.15, 0.2) is 18.2 Å². The molecule has 3 rings (SSSR count). The predicted molar refractivity (Wildman–Crippen MR) is 133 cm³/mol. The highest BCUT2D eigenvalue weighted by Gasteiger charge is 2.25. The maximum atomic E-state index is 12.3. The molecule has 180 valence electrons. The number of hydrogen-bond donors (Lipinski definition) is 1. The molecule has 1 N–H and O–H groups in total. The van der Waals surface area contributed by atoms with Crippen molar-refractivity contribution in [2.45, 2.75) is 51.5 Å². The Labute approximate surface area is 203 Å². The van der Waals surface area contributed by atoms with Gasteiger partial charge in [0.2, 0.25) is 0 Å². The molecule has 6 nitrogen and oxygen atoms in total. The van der Waals surface area contributed by atoms with Crippen LogP contribution in [-0.4, -0.2) is 75.0 Å². The minimum absolute atomic E-state index is 0.0257. The molecular weight excluding hydrogens is 447 g/mol. The number of anilines is 1. The molecule has 1 saturated carbocycles. The van der Waals surface area contributed by atoms with E-state index < -0.39 is 0 Å². The SMILES string of the molecule is CCCOCN(C)C(=O)NC1CCC(CCN2CCN(c3cccc(Cl)c3Cl)CC2)CC1. The maximum absolute atomic E-state index is 12.3. The largest absolute Gasteiger partial charge is 0.368 e. The Bertz CT molecular complexity index is 720. The first-order valence-electron chi connectivity index (χ1n) is 12.0. The zero-order chi connectivity index (χ0) is 22.9. The van der Waals surface area contributed by atoms with Gasteiger partial charge in [0.25, 0.3) is 0 Å². The van der Waals surface area contributed by atoms with Gasteiger partial charge in [-0.15, -0.1) is 0 Å². The Morgan fingerprint density at radius 3 is 2.56 bits per heavy atom. The summed E-state index contributed by atoms with van der Waals surface area (Å²) in [6, 6.07) is 6.12. The molecule has 0 aromatic heterocycles. The summed E-state index contributed by atoms with van der Waals surface area (Å²) in [5.74, 6) is 0.758. The molecule has 8 heteroatoms. The number of carbonyl (C=O) groups excluding carboxylic acids is 1. The Hall–Kier alpha value is -1.21. The molecule has 2 fully saturated rings. The maximum Gasteiger partial charge on any atom is 0.319 e. The second-order valence-corrected chi connectivity index (χ2v) is 9.88. The van der Waals surface area contributed by atoms with Gasteiger partial charge in [-0.2, -0.15) is 0 Å². The summed E-state index contributed by atoms with van der Waals surface area (Å²) in [4.78, 5) is 18.8. The zero-order valence-electron chi connectivity index (χ0n) is 19.5. The van der Waals surface area contributed by atoms with Gasteiger partial charge in [0.05, 0.1) is 15.7 Å². The Morgan fingerprint density at radius 1 is 1.16 bits per heavy atom. The van der Waals surface area contributed by atoms with Gasteiger partial charge in [-0.1, -0.05) is 36.2 Å². The number of amides is 2. The van der Waals surface area contributed by atoms with E-state index in [-0.39, 0.29) is 6.03 Å². The monoisotopic (exact) mass is 484 g/mol. The molecule has 0 spiro atoms. The van der Waals surface area contributed by atoms with E-state index in [1.165, 1.54) is 19.3 Å². The van der Waals surface area contributed by atoms with Gasteiger partial charge in [-0.3, -0.25) is 4.90 Å². The molecule has 1 aromatic rings. The summed E-state index contributed by atoms with van der Waals surface area (Å²) in [5.41, 5.74) is 1.04. The third-order valence-corrected chi connectivity index (χ3v) is 7.46. The van der Waals surface area contributed by atoms with Crippen LogP contribution < -0.4 is 10.2 Å². The minimum atomic E-state index is -0.0257. The number of halogens is 2. The molecule has 2 aliphatic rings. The highest BCUT2D eigenvalue weighted by molar-refractivity contribution is 6.43. The van der Waals surface area contributed by atoms with Gasteiger partial charge in [-0.05, 0) is 63.1 Å². The first-order valence-corrected chi connectivity index (χ1v) is 12.7. The Balaban J connectivity index is 1.31. The van der Waals surface area contributed by atoms with Crippen molar-refractivity contribution in [3.63, 3.8) is 0 Å². The van der Waals surface area contributed by atoms with Crippen LogP contribution in [0.1, 0.15) is 45.4 Å². The lowest BCUT2D eigenvalue weighted by molar-refractivity contribution is 0.0581. The van der Waals surface area contributed by atoms with E-state index in [4.69, 9.17) is 27.9 Å². The number of ether oxygens (including phenoxy) is 1. The second-order valence-electron chi connectivity index (χ2n) is 9.09. The minimum Gasteiger partial charge on any atom is -0.368 e. The summed E-state index contributed by atoms with van der Waals surface area (Å²) in [6.45, 7) is 8.33. The number of carbonyl (C=O) groups is 1. The van der Waals surface area contributed by atoms with Gasteiger partial charge >= 0.3 is 6.03 Å². The van der Waals surface area contributed by atoms with Crippen molar-refractivity contribution in [3.05, 3.63) is 28.2 Å². The highest BCUT2D eigenvalue weighted by Crippen LogP contribution is 2.33. The highest BCUT2D eigenvalue weighted by atomic mass is 35.5. The van der Waals surface area contributed by atoms with Crippen LogP contribution >= 0.6 is 23.2 Å². The molecule has 1 aromatic carbocycles. The Morgan fingerprint density at radius 2 is 1.88 bits per heavy atom. The first kappa shape index (κ1) is 25.4. The zero-order valence-corrected chi connectivity index (χ0v) is 21.0. The molecule has 1 aliphatic heterocycles. The number of hydrogen-bond acceptors (Lipinski definition) is 4. The lowest BCUT2D eigenvalue weighted by Crippen LogP contribution is -2.47. The lowest BCUT2D eigenvalue weighted by atomic mass is 9.84. The van der Waals surface area contributed by atoms with Gasteiger partial charge in [0, 0.05) is 45.9 Å². The molecule has 0 atom stereocenters. The standard InChI is InChI=1S/C24H38Cl2N4O2/c1-3-17-32-18-28(2)24(31)27-20-9-7-19(8-10-20)11-12-29-13-15-30(16-14-29)22-6-4-5-21(25)23(22)26/h4-6,19-20H,3,7-18H2,1-2H3,(H,27,31). The van der Waals surface area contributed by atoms with Crippen LogP contribution in [0, 0.1) is 5.92 Å². The summed E-state index contributed by atoms with van der Waals surface area (Å²) in [5, 5.41) is 4.45. The summed E-state index contributed by atoms with van der Waals surface area (Å²) in [6.07, 6.45) is 6.73. The molecule has 0 radical (unpaired) electrons. The summed E-state index contributed by atoms with van der Waals surface area (Å²) < 4.78 is 5.45. The van der Waals surface area contributed by atoms with Crippen LogP contribution in [0.4, 0.5) is 10.5 Å². The van der Waals surface area contributed by atoms with Crippen molar-refractivity contribution in [1.29, 1.82) is 0 Å². The van der Waals surface area contributed by atoms with Crippen molar-refractivity contribution >= 4 is 34.9 Å². The predicted octanol–water partition coefficient (Wildman–Crippen LogP) is 5.09. The lowest BCUT2D eigenvalue weighted by Gasteiger charge is -2.37. The van der Waals surface area contributed by atoms with E-state index in [9.17, 15) is 4.79 Å². The van der Waals surface area contributed by atoms with Crippen molar-refractivity contribution in [2.75, 3.05) is 58.0 Å². The normalized spacial score (nSPS) is 22.1. The van der Waals surface area contributed by atoms with E-state index in [0.29, 0.717) is 29.4 Å². The average Bonchev–Trinajstić information content (AvgIpc) is 2.81. The number of benzene rings is 1. The average molecular weight is 486 g/mol. The molecule has 1 aliphatic carbocycles. The molecule has 1 saturated heterocycles. The number of nitrogens with one attached hydrogen (secondary N) is 1. The second kappa shape index (κ2) is 12.9. The van der Waals surface area contributed by atoms with Crippen LogP contribution in [-0.2, 0) is 4.74 Å². The molecule has 0 unspecified atom stereocenters. The topological polar surface area (TPSA) is 48.1 Å². The molecule has 2 amide bonds. The first-order chi connectivity index (χ1) is 15.5. The quantitative estimate of drug-likeness (QED) is 0.391. The van der Waals surface area contributed by atoms with Crippen molar-refractivity contribution in [3.8, 4) is 0 Å². The van der Waals surface area contributed by atoms with Gasteiger partial charge in [0.1, 0.15) is 6.73 Å². The smallest absolute Gasteiger partial charge is 0.319 e. The van der Waals surface area contributed by atoms with Crippen LogP contribution in [0.3, 0.4) is 0 Å². The van der Waals surface area contributed by atoms with Crippen LogP contribution in [0.25, 0.3) is 0 Å². The van der Waals surface area contributed by atoms with Crippen LogP contribution in [0.5, 0.6) is 0 Å². The van der Waals surface area contributed by atoms with Crippen molar-refractivity contribution in [2.24, 2.45) is 5.92 Å². The molecule has 32 heavy (non-hydrogen) atoms. The third kappa shape index (κ3) is 7.41. The van der Waals surface area contributed by atoms with E-state index in [1.54, 1.807) is 11.9 Å². The van der Waals surface area contributed by atoms with E-state index in [0.717, 1.165) is 63.6 Å². The van der Waals surface area contributed by atoms with Gasteiger partial charge < -0.3 is 19.9 Å². The summed E-state index contributed by atoms with van der Waals surface area (Å²) in [7, 11) is 1.79. The van der Waals surface area contributed by atoms with E-state index >= 15 is 0 Å². The summed E-state index contributed by atoms with van der Waals surface area (Å²) >= 11 is 12.6. The van der Waals surface area contributed by atoms with Crippen molar-refractivity contribution < 1.29 is 9.53 Å². The third-order valence-electron chi connectivity index (χ3n) is 6.65. The van der Waals surface area contributed by atoms with E-state index in [2.05, 4.69) is 28.1 Å². The van der Waals surface area contributed by atoms with Gasteiger partial charge in [0.15, 0.2) is 0 Å². The number of urea groups is 1.